The molecule has 0 spiro atoms. The zero-order valence-corrected chi connectivity index (χ0v) is 8.55. The number of carbonyl (C=O) groups is 1. The molecular formula is C8H11ClN2O2. The van der Waals surface area contributed by atoms with Crippen LogP contribution in [0.3, 0.4) is 0 Å². The van der Waals surface area contributed by atoms with Crippen molar-refractivity contribution in [2.24, 2.45) is 7.05 Å². The molecule has 1 aromatic heterocycles. The third kappa shape index (κ3) is 1.83. The van der Waals surface area contributed by atoms with Crippen LogP contribution in [-0.2, 0) is 11.8 Å². The van der Waals surface area contributed by atoms with Gasteiger partial charge in [0.25, 0.3) is 0 Å². The Morgan fingerprint density at radius 3 is 2.69 bits per heavy atom. The summed E-state index contributed by atoms with van der Waals surface area (Å²) in [5.74, 6) is -0.476. The van der Waals surface area contributed by atoms with Crippen LogP contribution in [-0.4, -0.2) is 22.4 Å². The van der Waals surface area contributed by atoms with E-state index in [1.54, 1.807) is 25.6 Å². The van der Waals surface area contributed by atoms with Crippen LogP contribution < -0.4 is 0 Å². The summed E-state index contributed by atoms with van der Waals surface area (Å²) in [7, 11) is 1.73. The van der Waals surface area contributed by atoms with Crippen LogP contribution >= 0.6 is 11.6 Å². The Kier molecular flexibility index (Phi) is 2.93. The maximum absolute atomic E-state index is 11.2. The number of ether oxygens (including phenoxy) is 1. The topological polar surface area (TPSA) is 44.1 Å². The van der Waals surface area contributed by atoms with Crippen molar-refractivity contribution in [1.82, 2.24) is 9.78 Å². The molecule has 0 radical (unpaired) electrons. The average molecular weight is 203 g/mol. The first-order chi connectivity index (χ1) is 6.07. The van der Waals surface area contributed by atoms with Gasteiger partial charge in [0, 0.05) is 7.05 Å². The molecule has 0 fully saturated rings. The molecule has 0 bridgehead atoms. The van der Waals surface area contributed by atoms with Crippen LogP contribution in [0, 0.1) is 6.92 Å². The zero-order valence-electron chi connectivity index (χ0n) is 7.80. The van der Waals surface area contributed by atoms with E-state index in [0.717, 1.165) is 5.69 Å². The largest absolute Gasteiger partial charge is 0.461 e. The fourth-order valence-electron chi connectivity index (χ4n) is 0.912. The van der Waals surface area contributed by atoms with Crippen LogP contribution in [0.4, 0.5) is 0 Å². The van der Waals surface area contributed by atoms with Gasteiger partial charge in [-0.2, -0.15) is 5.10 Å². The lowest BCUT2D eigenvalue weighted by Gasteiger charge is -1.96. The van der Waals surface area contributed by atoms with Crippen LogP contribution in [0.15, 0.2) is 0 Å². The molecule has 0 atom stereocenters. The molecule has 0 saturated heterocycles. The van der Waals surface area contributed by atoms with Gasteiger partial charge in [0.05, 0.1) is 17.3 Å². The number of hydrogen-bond donors (Lipinski definition) is 0. The minimum atomic E-state index is -0.476. The number of carbonyl (C=O) groups excluding carboxylic acids is 1. The Labute approximate surface area is 81.4 Å². The normalized spacial score (nSPS) is 10.2. The SMILES string of the molecule is CCOC(=O)c1nn(C)c(C)c1Cl. The number of esters is 1. The second-order valence-corrected chi connectivity index (χ2v) is 2.97. The van der Waals surface area contributed by atoms with Crippen molar-refractivity contribution in [2.45, 2.75) is 13.8 Å². The summed E-state index contributed by atoms with van der Waals surface area (Å²) in [5, 5.41) is 4.30. The second-order valence-electron chi connectivity index (χ2n) is 2.59. The van der Waals surface area contributed by atoms with Crippen molar-refractivity contribution in [3.8, 4) is 0 Å². The lowest BCUT2D eigenvalue weighted by atomic mass is 10.4. The number of nitrogens with zero attached hydrogens (tertiary/aromatic N) is 2. The average Bonchev–Trinajstić information content (AvgIpc) is 2.33. The van der Waals surface area contributed by atoms with Crippen LogP contribution in [0.1, 0.15) is 23.1 Å². The molecule has 5 heteroatoms. The summed E-state index contributed by atoms with van der Waals surface area (Å²) in [6.07, 6.45) is 0. The lowest BCUT2D eigenvalue weighted by Crippen LogP contribution is -2.06. The Bertz CT molecular complexity index is 333. The van der Waals surface area contributed by atoms with E-state index in [2.05, 4.69) is 5.10 Å². The van der Waals surface area contributed by atoms with E-state index in [1.807, 2.05) is 0 Å². The van der Waals surface area contributed by atoms with Gasteiger partial charge < -0.3 is 4.74 Å². The molecule has 1 aromatic rings. The number of halogens is 1. The molecule has 0 aromatic carbocycles. The molecule has 0 saturated carbocycles. The number of rotatable bonds is 2. The lowest BCUT2D eigenvalue weighted by molar-refractivity contribution is 0.0519. The minimum Gasteiger partial charge on any atom is -0.461 e. The van der Waals surface area contributed by atoms with Gasteiger partial charge >= 0.3 is 5.97 Å². The maximum atomic E-state index is 11.2. The van der Waals surface area contributed by atoms with Gasteiger partial charge in [-0.05, 0) is 13.8 Å². The minimum absolute atomic E-state index is 0.184. The molecule has 4 nitrogen and oxygen atoms in total. The summed E-state index contributed by atoms with van der Waals surface area (Å²) in [4.78, 5) is 11.2. The van der Waals surface area contributed by atoms with Gasteiger partial charge in [-0.15, -0.1) is 0 Å². The number of hydrogen-bond acceptors (Lipinski definition) is 3. The first kappa shape index (κ1) is 10.1. The molecule has 0 aliphatic rings. The third-order valence-electron chi connectivity index (χ3n) is 1.73. The van der Waals surface area contributed by atoms with Crippen molar-refractivity contribution in [2.75, 3.05) is 6.61 Å². The summed E-state index contributed by atoms with van der Waals surface area (Å²) in [6.45, 7) is 3.85. The molecule has 72 valence electrons. The zero-order chi connectivity index (χ0) is 10.0. The van der Waals surface area contributed by atoms with E-state index in [9.17, 15) is 4.79 Å². The number of aromatic nitrogens is 2. The highest BCUT2D eigenvalue weighted by atomic mass is 35.5. The summed E-state index contributed by atoms with van der Waals surface area (Å²) >= 11 is 5.86. The van der Waals surface area contributed by atoms with E-state index in [1.165, 1.54) is 0 Å². The molecule has 0 aliphatic heterocycles. The highest BCUT2D eigenvalue weighted by Gasteiger charge is 2.18. The van der Waals surface area contributed by atoms with E-state index in [-0.39, 0.29) is 5.69 Å². The smallest absolute Gasteiger partial charge is 0.360 e. The summed E-state index contributed by atoms with van der Waals surface area (Å²) < 4.78 is 6.33. The highest BCUT2D eigenvalue weighted by Crippen LogP contribution is 2.19. The molecule has 13 heavy (non-hydrogen) atoms. The molecule has 0 amide bonds. The summed E-state index contributed by atoms with van der Waals surface area (Å²) in [5.41, 5.74) is 0.938. The fourth-order valence-corrected chi connectivity index (χ4v) is 1.15. The fraction of sp³-hybridized carbons (Fsp3) is 0.500. The van der Waals surface area contributed by atoms with Crippen molar-refractivity contribution >= 4 is 17.6 Å². The predicted octanol–water partition coefficient (Wildman–Crippen LogP) is 1.56. The maximum Gasteiger partial charge on any atom is 0.360 e. The van der Waals surface area contributed by atoms with Gasteiger partial charge in [0.1, 0.15) is 0 Å². The third-order valence-corrected chi connectivity index (χ3v) is 2.18. The first-order valence-corrected chi connectivity index (χ1v) is 4.32. The van der Waals surface area contributed by atoms with Crippen molar-refractivity contribution < 1.29 is 9.53 Å². The Hall–Kier alpha value is -1.03. The van der Waals surface area contributed by atoms with Gasteiger partial charge in [-0.1, -0.05) is 11.6 Å². The molecule has 0 aliphatic carbocycles. The van der Waals surface area contributed by atoms with Gasteiger partial charge in [0.2, 0.25) is 0 Å². The van der Waals surface area contributed by atoms with E-state index >= 15 is 0 Å². The number of aryl methyl sites for hydroxylation is 1. The standard InChI is InChI=1S/C8H11ClN2O2/c1-4-13-8(12)7-6(9)5(2)11(3)10-7/h4H2,1-3H3. The Morgan fingerprint density at radius 1 is 1.69 bits per heavy atom. The first-order valence-electron chi connectivity index (χ1n) is 3.94. The van der Waals surface area contributed by atoms with Gasteiger partial charge in [-0.3, -0.25) is 4.68 Å². The Morgan fingerprint density at radius 2 is 2.31 bits per heavy atom. The van der Waals surface area contributed by atoms with Crippen LogP contribution in [0.2, 0.25) is 5.02 Å². The molecule has 0 unspecified atom stereocenters. The van der Waals surface area contributed by atoms with Crippen LogP contribution in [0.5, 0.6) is 0 Å². The molecular weight excluding hydrogens is 192 g/mol. The molecule has 1 rings (SSSR count). The van der Waals surface area contributed by atoms with Gasteiger partial charge in [-0.25, -0.2) is 4.79 Å². The molecule has 0 N–H and O–H groups in total. The van der Waals surface area contributed by atoms with E-state index in [0.29, 0.717) is 11.6 Å². The predicted molar refractivity (Wildman–Crippen MR) is 48.9 cm³/mol. The second kappa shape index (κ2) is 3.79. The Balaban J connectivity index is 3.01. The van der Waals surface area contributed by atoms with Crippen molar-refractivity contribution in [1.29, 1.82) is 0 Å². The van der Waals surface area contributed by atoms with Crippen LogP contribution in [0.25, 0.3) is 0 Å². The monoisotopic (exact) mass is 202 g/mol. The van der Waals surface area contributed by atoms with E-state index < -0.39 is 5.97 Å². The summed E-state index contributed by atoms with van der Waals surface area (Å²) in [6, 6.07) is 0. The van der Waals surface area contributed by atoms with Crippen molar-refractivity contribution in [3.05, 3.63) is 16.4 Å². The van der Waals surface area contributed by atoms with Crippen molar-refractivity contribution in [3.63, 3.8) is 0 Å². The van der Waals surface area contributed by atoms with Gasteiger partial charge in [0.15, 0.2) is 5.69 Å². The molecule has 1 heterocycles. The quantitative estimate of drug-likeness (QED) is 0.684. The van der Waals surface area contributed by atoms with E-state index in [4.69, 9.17) is 16.3 Å². The highest BCUT2D eigenvalue weighted by molar-refractivity contribution is 6.33.